The van der Waals surface area contributed by atoms with Gasteiger partial charge in [-0.3, -0.25) is 0 Å². The molecule has 0 aliphatic carbocycles. The van der Waals surface area contributed by atoms with Crippen LogP contribution >= 0.6 is 0 Å². The highest BCUT2D eigenvalue weighted by atomic mass is 14.1. The Morgan fingerprint density at radius 3 is 1.83 bits per heavy atom. The van der Waals surface area contributed by atoms with Crippen molar-refractivity contribution in [1.29, 1.82) is 0 Å². The fourth-order valence-corrected chi connectivity index (χ4v) is 3.41. The molecule has 0 aliphatic rings. The van der Waals surface area contributed by atoms with Crippen molar-refractivity contribution in [2.24, 2.45) is 0 Å². The quantitative estimate of drug-likeness (QED) is 0.333. The van der Waals surface area contributed by atoms with Gasteiger partial charge in [0.2, 0.25) is 0 Å². The van der Waals surface area contributed by atoms with E-state index in [1.807, 2.05) is 12.1 Å². The zero-order valence-electron chi connectivity index (χ0n) is 13.5. The molecule has 0 spiro atoms. The SMILES string of the molecule is C#Cc1ccc(CCc2c3ccccc3cc3ccccc23)cc1. The Hall–Kier alpha value is -3.04. The molecule has 4 aromatic carbocycles. The van der Waals surface area contributed by atoms with E-state index in [1.54, 1.807) is 0 Å². The zero-order valence-corrected chi connectivity index (χ0v) is 13.5. The van der Waals surface area contributed by atoms with Crippen LogP contribution in [0.2, 0.25) is 0 Å². The summed E-state index contributed by atoms with van der Waals surface area (Å²) in [6.07, 6.45) is 7.48. The molecule has 0 atom stereocenters. The minimum atomic E-state index is 0.939. The van der Waals surface area contributed by atoms with Crippen LogP contribution in [0.3, 0.4) is 0 Å². The molecule has 0 fully saturated rings. The van der Waals surface area contributed by atoms with Gasteiger partial charge >= 0.3 is 0 Å². The average Bonchev–Trinajstić information content (AvgIpc) is 2.65. The van der Waals surface area contributed by atoms with Gasteiger partial charge in [-0.05, 0) is 63.7 Å². The summed E-state index contributed by atoms with van der Waals surface area (Å²) in [5, 5.41) is 5.34. The van der Waals surface area contributed by atoms with Crippen LogP contribution in [-0.2, 0) is 12.8 Å². The zero-order chi connectivity index (χ0) is 16.4. The summed E-state index contributed by atoms with van der Waals surface area (Å²) >= 11 is 0. The summed E-state index contributed by atoms with van der Waals surface area (Å²) in [6, 6.07) is 28.0. The second-order valence-electron chi connectivity index (χ2n) is 6.14. The van der Waals surface area contributed by atoms with E-state index in [-0.39, 0.29) is 0 Å². The molecular formula is C24H18. The molecule has 0 saturated carbocycles. The highest BCUT2D eigenvalue weighted by Crippen LogP contribution is 2.29. The molecule has 0 heteroatoms. The molecule has 0 bridgehead atoms. The second kappa shape index (κ2) is 6.22. The Balaban J connectivity index is 1.77. The van der Waals surface area contributed by atoms with Crippen molar-refractivity contribution in [3.8, 4) is 12.3 Å². The Labute approximate surface area is 142 Å². The van der Waals surface area contributed by atoms with Crippen LogP contribution in [0.25, 0.3) is 21.5 Å². The van der Waals surface area contributed by atoms with Gasteiger partial charge in [-0.2, -0.15) is 0 Å². The molecule has 0 heterocycles. The first-order valence-corrected chi connectivity index (χ1v) is 8.30. The third-order valence-corrected chi connectivity index (χ3v) is 4.67. The van der Waals surface area contributed by atoms with Crippen molar-refractivity contribution in [2.75, 3.05) is 0 Å². The fraction of sp³-hybridized carbons (Fsp3) is 0.0833. The molecule has 0 saturated heterocycles. The van der Waals surface area contributed by atoms with Crippen molar-refractivity contribution >= 4 is 21.5 Å². The maximum Gasteiger partial charge on any atom is 0.0242 e. The number of hydrogen-bond acceptors (Lipinski definition) is 0. The van der Waals surface area contributed by atoms with Crippen LogP contribution < -0.4 is 0 Å². The first-order chi connectivity index (χ1) is 11.8. The summed E-state index contributed by atoms with van der Waals surface area (Å²) in [6.45, 7) is 0. The lowest BCUT2D eigenvalue weighted by molar-refractivity contribution is 0.977. The van der Waals surface area contributed by atoms with Gasteiger partial charge in [0.15, 0.2) is 0 Å². The van der Waals surface area contributed by atoms with E-state index in [1.165, 1.54) is 32.7 Å². The van der Waals surface area contributed by atoms with E-state index >= 15 is 0 Å². The minimum Gasteiger partial charge on any atom is -0.115 e. The molecule has 4 aromatic rings. The molecule has 114 valence electrons. The van der Waals surface area contributed by atoms with Gasteiger partial charge in [-0.1, -0.05) is 66.6 Å². The van der Waals surface area contributed by atoms with Gasteiger partial charge < -0.3 is 0 Å². The first-order valence-electron chi connectivity index (χ1n) is 8.30. The van der Waals surface area contributed by atoms with Crippen molar-refractivity contribution < 1.29 is 0 Å². The van der Waals surface area contributed by atoms with Gasteiger partial charge in [0.25, 0.3) is 0 Å². The maximum atomic E-state index is 5.44. The molecule has 0 unspecified atom stereocenters. The summed E-state index contributed by atoms with van der Waals surface area (Å²) < 4.78 is 0. The van der Waals surface area contributed by atoms with Crippen LogP contribution in [0.15, 0.2) is 78.9 Å². The molecule has 0 aromatic heterocycles. The lowest BCUT2D eigenvalue weighted by atomic mass is 9.92. The van der Waals surface area contributed by atoms with E-state index in [0.717, 1.165) is 18.4 Å². The Morgan fingerprint density at radius 1 is 0.667 bits per heavy atom. The molecule has 0 aliphatic heterocycles. The summed E-state index contributed by atoms with van der Waals surface area (Å²) in [7, 11) is 0. The number of fused-ring (bicyclic) bond motifs is 2. The molecular weight excluding hydrogens is 288 g/mol. The lowest BCUT2D eigenvalue weighted by Crippen LogP contribution is -1.95. The Kier molecular flexibility index (Phi) is 3.77. The maximum absolute atomic E-state index is 5.44. The van der Waals surface area contributed by atoms with E-state index < -0.39 is 0 Å². The lowest BCUT2D eigenvalue weighted by Gasteiger charge is -2.12. The summed E-state index contributed by atoms with van der Waals surface area (Å²) in [5.74, 6) is 2.68. The summed E-state index contributed by atoms with van der Waals surface area (Å²) in [4.78, 5) is 0. The Bertz CT molecular complexity index is 993. The van der Waals surface area contributed by atoms with Gasteiger partial charge in [0.1, 0.15) is 0 Å². The van der Waals surface area contributed by atoms with Gasteiger partial charge in [-0.15, -0.1) is 6.42 Å². The Morgan fingerprint density at radius 2 is 1.25 bits per heavy atom. The largest absolute Gasteiger partial charge is 0.115 e. The topological polar surface area (TPSA) is 0 Å². The van der Waals surface area contributed by atoms with Crippen molar-refractivity contribution in [3.63, 3.8) is 0 Å². The molecule has 0 N–H and O–H groups in total. The second-order valence-corrected chi connectivity index (χ2v) is 6.14. The normalized spacial score (nSPS) is 10.8. The van der Waals surface area contributed by atoms with E-state index in [0.29, 0.717) is 0 Å². The van der Waals surface area contributed by atoms with Crippen LogP contribution in [0.1, 0.15) is 16.7 Å². The third kappa shape index (κ3) is 2.66. The average molecular weight is 306 g/mol. The van der Waals surface area contributed by atoms with Crippen molar-refractivity contribution in [3.05, 3.63) is 95.6 Å². The predicted molar refractivity (Wildman–Crippen MR) is 103 cm³/mol. The number of hydrogen-bond donors (Lipinski definition) is 0. The monoisotopic (exact) mass is 306 g/mol. The van der Waals surface area contributed by atoms with Crippen molar-refractivity contribution in [2.45, 2.75) is 12.8 Å². The van der Waals surface area contributed by atoms with E-state index in [2.05, 4.69) is 72.7 Å². The highest BCUT2D eigenvalue weighted by molar-refractivity contribution is 6.02. The first kappa shape index (κ1) is 14.5. The standard InChI is InChI=1S/C24H18/c1-2-18-11-13-19(14-12-18)15-16-24-22-9-5-3-7-20(22)17-21-8-4-6-10-23(21)24/h1,3-14,17H,15-16H2. The predicted octanol–water partition coefficient (Wildman–Crippen LogP) is 5.76. The van der Waals surface area contributed by atoms with Crippen LogP contribution in [0.5, 0.6) is 0 Å². The van der Waals surface area contributed by atoms with Crippen LogP contribution in [0, 0.1) is 12.3 Å². The number of rotatable bonds is 3. The van der Waals surface area contributed by atoms with Crippen LogP contribution in [0.4, 0.5) is 0 Å². The third-order valence-electron chi connectivity index (χ3n) is 4.67. The fourth-order valence-electron chi connectivity index (χ4n) is 3.41. The highest BCUT2D eigenvalue weighted by Gasteiger charge is 2.07. The van der Waals surface area contributed by atoms with Crippen LogP contribution in [-0.4, -0.2) is 0 Å². The number of terminal acetylenes is 1. The van der Waals surface area contributed by atoms with Gasteiger partial charge in [0, 0.05) is 5.56 Å². The minimum absolute atomic E-state index is 0.939. The van der Waals surface area contributed by atoms with Gasteiger partial charge in [-0.25, -0.2) is 0 Å². The molecule has 0 nitrogen and oxygen atoms in total. The number of benzene rings is 4. The van der Waals surface area contributed by atoms with Crippen molar-refractivity contribution in [1.82, 2.24) is 0 Å². The molecule has 24 heavy (non-hydrogen) atoms. The molecule has 0 radical (unpaired) electrons. The van der Waals surface area contributed by atoms with Gasteiger partial charge in [0.05, 0.1) is 0 Å². The van der Waals surface area contributed by atoms with E-state index in [4.69, 9.17) is 6.42 Å². The summed E-state index contributed by atoms with van der Waals surface area (Å²) in [5.41, 5.74) is 3.70. The smallest absolute Gasteiger partial charge is 0.0242 e. The van der Waals surface area contributed by atoms with E-state index in [9.17, 15) is 0 Å². The number of aryl methyl sites for hydroxylation is 2. The molecule has 4 rings (SSSR count). The molecule has 0 amide bonds.